The fourth-order valence-electron chi connectivity index (χ4n) is 0.612. The number of allylic oxidation sites excluding steroid dienone is 1. The zero-order valence-corrected chi connectivity index (χ0v) is 7.98. The fourth-order valence-corrected chi connectivity index (χ4v) is 0.612. The zero-order chi connectivity index (χ0) is 8.41. The van der Waals surface area contributed by atoms with Crippen LogP contribution < -0.4 is 0 Å². The smallest absolute Gasteiger partial charge is 0.0443 e. The summed E-state index contributed by atoms with van der Waals surface area (Å²) < 4.78 is 0. The van der Waals surface area contributed by atoms with Gasteiger partial charge in [0.2, 0.25) is 0 Å². The van der Waals surface area contributed by atoms with Gasteiger partial charge in [-0.05, 0) is 12.8 Å². The van der Waals surface area contributed by atoms with Crippen LogP contribution >= 0.6 is 0 Å². The third-order valence-corrected chi connectivity index (χ3v) is 1.39. The summed E-state index contributed by atoms with van der Waals surface area (Å²) in [4.78, 5) is 0. The van der Waals surface area contributed by atoms with Crippen molar-refractivity contribution in [2.45, 2.75) is 47.0 Å². The molecule has 0 unspecified atom stereocenters. The molecule has 1 rings (SSSR count). The van der Waals surface area contributed by atoms with Gasteiger partial charge < -0.3 is 0 Å². The van der Waals surface area contributed by atoms with Crippen LogP contribution in [-0.4, -0.2) is 0 Å². The van der Waals surface area contributed by atoms with Gasteiger partial charge in [-0.15, -0.1) is 6.58 Å². The van der Waals surface area contributed by atoms with E-state index in [0.717, 1.165) is 5.92 Å². The van der Waals surface area contributed by atoms with E-state index in [1.807, 2.05) is 20.8 Å². The lowest BCUT2D eigenvalue weighted by atomic mass is 9.88. The van der Waals surface area contributed by atoms with Crippen LogP contribution in [0, 0.1) is 5.92 Å². The second-order valence-corrected chi connectivity index (χ2v) is 2.44. The maximum absolute atomic E-state index is 3.36. The summed E-state index contributed by atoms with van der Waals surface area (Å²) in [5.41, 5.74) is 0. The van der Waals surface area contributed by atoms with Gasteiger partial charge in [0.15, 0.2) is 0 Å². The van der Waals surface area contributed by atoms with Crippen molar-refractivity contribution in [2.24, 2.45) is 5.92 Å². The molecule has 0 aromatic rings. The highest BCUT2D eigenvalue weighted by Crippen LogP contribution is 2.24. The zero-order valence-electron chi connectivity index (χ0n) is 7.98. The van der Waals surface area contributed by atoms with Crippen LogP contribution in [0.4, 0.5) is 0 Å². The Morgan fingerprint density at radius 1 is 1.30 bits per heavy atom. The normalized spacial score (nSPS) is 14.8. The second kappa shape index (κ2) is 11.5. The number of hydrogen-bond acceptors (Lipinski definition) is 0. The van der Waals surface area contributed by atoms with Gasteiger partial charge in [-0.3, -0.25) is 0 Å². The van der Waals surface area contributed by atoms with Crippen LogP contribution in [0.1, 0.15) is 47.0 Å². The van der Waals surface area contributed by atoms with Gasteiger partial charge in [-0.25, -0.2) is 0 Å². The lowest BCUT2D eigenvalue weighted by molar-refractivity contribution is 0.346. The van der Waals surface area contributed by atoms with Crippen LogP contribution in [0.15, 0.2) is 12.7 Å². The van der Waals surface area contributed by atoms with E-state index in [1.54, 1.807) is 6.08 Å². The fraction of sp³-hybridized carbons (Fsp3) is 0.800. The molecule has 0 aliphatic heterocycles. The average Bonchev–Trinajstić information content (AvgIpc) is 1.90. The highest BCUT2D eigenvalue weighted by Gasteiger charge is 2.09. The molecule has 0 bridgehead atoms. The molecule has 1 aliphatic carbocycles. The lowest BCUT2D eigenvalue weighted by Crippen LogP contribution is -2.04. The van der Waals surface area contributed by atoms with E-state index in [2.05, 4.69) is 13.5 Å². The summed E-state index contributed by atoms with van der Waals surface area (Å²) in [6.45, 7) is 11.6. The predicted molar refractivity (Wildman–Crippen MR) is 50.2 cm³/mol. The van der Waals surface area contributed by atoms with Crippen LogP contribution in [0.2, 0.25) is 0 Å². The molecule has 0 nitrogen and oxygen atoms in total. The van der Waals surface area contributed by atoms with Crippen molar-refractivity contribution >= 4 is 0 Å². The van der Waals surface area contributed by atoms with Gasteiger partial charge in [-0.1, -0.05) is 46.1 Å². The molecule has 0 saturated heterocycles. The SMILES string of the molecule is C=CC.CC.CC1CCC1. The van der Waals surface area contributed by atoms with Crippen LogP contribution in [-0.2, 0) is 0 Å². The Morgan fingerprint density at radius 3 is 1.50 bits per heavy atom. The van der Waals surface area contributed by atoms with Crippen molar-refractivity contribution < 1.29 is 0 Å². The molecule has 0 aromatic heterocycles. The standard InChI is InChI=1S/C5H10.C3H6.C2H6/c1-5-3-2-4-5;1-3-2;1-2/h5H,2-4H2,1H3;3H,1H2,2H3;1-2H3. The Bertz CT molecular complexity index is 51.1. The minimum atomic E-state index is 1.06. The molecule has 0 amide bonds. The van der Waals surface area contributed by atoms with Gasteiger partial charge in [-0.2, -0.15) is 0 Å². The molecular weight excluding hydrogens is 120 g/mol. The molecule has 1 fully saturated rings. The van der Waals surface area contributed by atoms with E-state index in [-0.39, 0.29) is 0 Å². The summed E-state index contributed by atoms with van der Waals surface area (Å²) in [5.74, 6) is 1.06. The first-order chi connectivity index (χ1) is 4.81. The molecule has 62 valence electrons. The molecule has 10 heavy (non-hydrogen) atoms. The van der Waals surface area contributed by atoms with Gasteiger partial charge in [0.1, 0.15) is 0 Å². The summed E-state index contributed by atoms with van der Waals surface area (Å²) in [5, 5.41) is 0. The minimum Gasteiger partial charge on any atom is -0.103 e. The van der Waals surface area contributed by atoms with Gasteiger partial charge in [0.05, 0.1) is 0 Å². The Labute approximate surface area is 66.3 Å². The third kappa shape index (κ3) is 10.7. The third-order valence-electron chi connectivity index (χ3n) is 1.39. The highest BCUT2D eigenvalue weighted by atomic mass is 14.1. The highest BCUT2D eigenvalue weighted by molar-refractivity contribution is 4.62. The quantitative estimate of drug-likeness (QED) is 0.448. The van der Waals surface area contributed by atoms with Crippen molar-refractivity contribution in [3.05, 3.63) is 12.7 Å². The molecule has 0 heteroatoms. The summed E-state index contributed by atoms with van der Waals surface area (Å²) in [6, 6.07) is 0. The van der Waals surface area contributed by atoms with Crippen LogP contribution in [0.5, 0.6) is 0 Å². The topological polar surface area (TPSA) is 0 Å². The first kappa shape index (κ1) is 12.4. The second-order valence-electron chi connectivity index (χ2n) is 2.44. The molecule has 0 atom stereocenters. The minimum absolute atomic E-state index is 1.06. The molecule has 0 heterocycles. The van der Waals surface area contributed by atoms with E-state index in [0.29, 0.717) is 0 Å². The van der Waals surface area contributed by atoms with Crippen LogP contribution in [0.25, 0.3) is 0 Å². The first-order valence-corrected chi connectivity index (χ1v) is 4.38. The van der Waals surface area contributed by atoms with Gasteiger partial charge >= 0.3 is 0 Å². The Morgan fingerprint density at radius 2 is 1.50 bits per heavy atom. The molecule has 1 saturated carbocycles. The predicted octanol–water partition coefficient (Wildman–Crippen LogP) is 4.02. The summed E-state index contributed by atoms with van der Waals surface area (Å²) in [6.07, 6.45) is 6.21. The van der Waals surface area contributed by atoms with Gasteiger partial charge in [0.25, 0.3) is 0 Å². The van der Waals surface area contributed by atoms with Crippen molar-refractivity contribution in [1.29, 1.82) is 0 Å². The molecule has 1 aliphatic rings. The molecule has 0 radical (unpaired) electrons. The van der Waals surface area contributed by atoms with E-state index in [4.69, 9.17) is 0 Å². The van der Waals surface area contributed by atoms with E-state index < -0.39 is 0 Å². The summed E-state index contributed by atoms with van der Waals surface area (Å²) >= 11 is 0. The van der Waals surface area contributed by atoms with Crippen LogP contribution in [0.3, 0.4) is 0 Å². The Kier molecular flexibility index (Phi) is 14.3. The Balaban J connectivity index is 0. The summed E-state index contributed by atoms with van der Waals surface area (Å²) in [7, 11) is 0. The van der Waals surface area contributed by atoms with E-state index in [9.17, 15) is 0 Å². The largest absolute Gasteiger partial charge is 0.103 e. The van der Waals surface area contributed by atoms with Crippen molar-refractivity contribution in [3.8, 4) is 0 Å². The molecular formula is C10H22. The first-order valence-electron chi connectivity index (χ1n) is 4.38. The van der Waals surface area contributed by atoms with Crippen molar-refractivity contribution in [3.63, 3.8) is 0 Å². The maximum Gasteiger partial charge on any atom is -0.0443 e. The molecule has 0 spiro atoms. The number of rotatable bonds is 0. The van der Waals surface area contributed by atoms with Crippen molar-refractivity contribution in [1.82, 2.24) is 0 Å². The van der Waals surface area contributed by atoms with E-state index in [1.165, 1.54) is 19.3 Å². The lowest BCUT2D eigenvalue weighted by Gasteiger charge is -2.18. The molecule has 0 N–H and O–H groups in total. The maximum atomic E-state index is 3.36. The molecule has 0 aromatic carbocycles. The van der Waals surface area contributed by atoms with Crippen molar-refractivity contribution in [2.75, 3.05) is 0 Å². The van der Waals surface area contributed by atoms with Gasteiger partial charge in [0, 0.05) is 0 Å². The monoisotopic (exact) mass is 142 g/mol. The average molecular weight is 142 g/mol. The van der Waals surface area contributed by atoms with E-state index >= 15 is 0 Å². The Hall–Kier alpha value is -0.260. The number of hydrogen-bond donors (Lipinski definition) is 0.